The number of aromatic nitrogens is 4. The number of nitrogens with zero attached hydrogens (tertiary/aromatic N) is 4. The molecular formula is C16H21N5O3S. The molecular weight excluding hydrogens is 342 g/mol. The topological polar surface area (TPSA) is 99.0 Å². The summed E-state index contributed by atoms with van der Waals surface area (Å²) < 4.78 is 5.01. The normalized spacial score (nSPS) is 20.2. The molecule has 0 saturated heterocycles. The number of nitrogens with one attached hydrogen (secondary N) is 1. The molecule has 2 aromatic rings. The van der Waals surface area contributed by atoms with E-state index in [4.69, 9.17) is 4.74 Å². The van der Waals surface area contributed by atoms with Crippen molar-refractivity contribution in [2.24, 2.45) is 5.92 Å². The van der Waals surface area contributed by atoms with Gasteiger partial charge in [-0.3, -0.25) is 4.79 Å². The molecule has 1 aliphatic rings. The Kier molecular flexibility index (Phi) is 5.75. The summed E-state index contributed by atoms with van der Waals surface area (Å²) in [6.07, 6.45) is 4.44. The number of tetrazole rings is 1. The van der Waals surface area contributed by atoms with Gasteiger partial charge in [0.25, 0.3) is 5.91 Å². The zero-order chi connectivity index (χ0) is 17.6. The van der Waals surface area contributed by atoms with Crippen LogP contribution in [0, 0.1) is 5.92 Å². The molecule has 0 bridgehead atoms. The minimum absolute atomic E-state index is 0.171. The van der Waals surface area contributed by atoms with E-state index < -0.39 is 5.97 Å². The molecule has 0 aromatic carbocycles. The number of thiophene rings is 1. The monoisotopic (exact) mass is 363 g/mol. The highest BCUT2D eigenvalue weighted by atomic mass is 32.1. The van der Waals surface area contributed by atoms with E-state index in [1.165, 1.54) is 17.8 Å². The average Bonchev–Trinajstić information content (AvgIpc) is 3.26. The quantitative estimate of drug-likeness (QED) is 0.783. The van der Waals surface area contributed by atoms with Gasteiger partial charge in [0.15, 0.2) is 13.2 Å². The van der Waals surface area contributed by atoms with E-state index in [9.17, 15) is 9.59 Å². The Morgan fingerprint density at radius 3 is 3.00 bits per heavy atom. The van der Waals surface area contributed by atoms with Gasteiger partial charge in [0.2, 0.25) is 5.82 Å². The Morgan fingerprint density at radius 1 is 1.40 bits per heavy atom. The fraction of sp³-hybridized carbons (Fsp3) is 0.562. The lowest BCUT2D eigenvalue weighted by Gasteiger charge is -2.29. The molecule has 0 spiro atoms. The number of carbonyl (C=O) groups excluding carboxylic acids is 2. The largest absolute Gasteiger partial charge is 0.454 e. The molecule has 2 heterocycles. The number of rotatable bonds is 6. The summed E-state index contributed by atoms with van der Waals surface area (Å²) in [7, 11) is 0. The zero-order valence-corrected chi connectivity index (χ0v) is 14.9. The summed E-state index contributed by atoms with van der Waals surface area (Å²) in [6, 6.07) is 2.05. The van der Waals surface area contributed by atoms with Crippen molar-refractivity contribution in [3.8, 4) is 11.4 Å². The maximum absolute atomic E-state index is 11.9. The fourth-order valence-electron chi connectivity index (χ4n) is 2.90. The second kappa shape index (κ2) is 8.19. The number of esters is 1. The number of amides is 1. The molecule has 0 aliphatic heterocycles. The maximum atomic E-state index is 11.9. The van der Waals surface area contributed by atoms with Gasteiger partial charge < -0.3 is 10.1 Å². The molecule has 9 heteroatoms. The number of hydrogen-bond acceptors (Lipinski definition) is 7. The SMILES string of the molecule is C[C@H]1CCCC[C@H]1NC(=O)COC(=O)Cn1nnc(-c2ccsc2)n1. The van der Waals surface area contributed by atoms with Crippen LogP contribution in [0.15, 0.2) is 16.8 Å². The first-order valence-corrected chi connectivity index (χ1v) is 9.31. The lowest BCUT2D eigenvalue weighted by Crippen LogP contribution is -2.43. The average molecular weight is 363 g/mol. The molecule has 3 rings (SSSR count). The molecule has 1 fully saturated rings. The Morgan fingerprint density at radius 2 is 2.24 bits per heavy atom. The maximum Gasteiger partial charge on any atom is 0.330 e. The second-order valence-corrected chi connectivity index (χ2v) is 7.03. The predicted octanol–water partition coefficient (Wildman–Crippen LogP) is 1.64. The fourth-order valence-corrected chi connectivity index (χ4v) is 3.54. The van der Waals surface area contributed by atoms with Crippen LogP contribution in [0.1, 0.15) is 32.6 Å². The minimum Gasteiger partial charge on any atom is -0.454 e. The van der Waals surface area contributed by atoms with Crippen molar-refractivity contribution in [1.82, 2.24) is 25.5 Å². The van der Waals surface area contributed by atoms with Gasteiger partial charge in [0.1, 0.15) is 0 Å². The molecule has 1 N–H and O–H groups in total. The van der Waals surface area contributed by atoms with Crippen LogP contribution < -0.4 is 5.32 Å². The molecule has 1 saturated carbocycles. The van der Waals surface area contributed by atoms with Crippen LogP contribution in [0.3, 0.4) is 0 Å². The van der Waals surface area contributed by atoms with Crippen LogP contribution in [0.2, 0.25) is 0 Å². The summed E-state index contributed by atoms with van der Waals surface area (Å²) >= 11 is 1.53. The third kappa shape index (κ3) is 4.85. The smallest absolute Gasteiger partial charge is 0.330 e. The van der Waals surface area contributed by atoms with Crippen LogP contribution in [-0.2, 0) is 20.9 Å². The Labute approximate surface area is 149 Å². The van der Waals surface area contributed by atoms with E-state index in [0.717, 1.165) is 29.6 Å². The van der Waals surface area contributed by atoms with E-state index in [2.05, 4.69) is 27.7 Å². The van der Waals surface area contributed by atoms with Gasteiger partial charge in [0, 0.05) is 17.0 Å². The second-order valence-electron chi connectivity index (χ2n) is 6.25. The summed E-state index contributed by atoms with van der Waals surface area (Å²) in [4.78, 5) is 24.9. The van der Waals surface area contributed by atoms with E-state index in [0.29, 0.717) is 11.7 Å². The highest BCUT2D eigenvalue weighted by Crippen LogP contribution is 2.23. The Balaban J connectivity index is 1.42. The van der Waals surface area contributed by atoms with Gasteiger partial charge >= 0.3 is 5.97 Å². The van der Waals surface area contributed by atoms with Crippen LogP contribution in [-0.4, -0.2) is 44.7 Å². The van der Waals surface area contributed by atoms with Crippen LogP contribution in [0.5, 0.6) is 0 Å². The van der Waals surface area contributed by atoms with Crippen molar-refractivity contribution in [3.63, 3.8) is 0 Å². The van der Waals surface area contributed by atoms with Crippen molar-refractivity contribution in [3.05, 3.63) is 16.8 Å². The standard InChI is InChI=1S/C16H21N5O3S/c1-11-4-2-3-5-13(11)17-14(22)9-24-15(23)8-21-19-16(18-20-21)12-6-7-25-10-12/h6-7,10-11,13H,2-5,8-9H2,1H3,(H,17,22)/t11-,13+/m0/s1. The molecule has 0 radical (unpaired) electrons. The summed E-state index contributed by atoms with van der Waals surface area (Å²) in [6.45, 7) is 1.68. The first-order chi connectivity index (χ1) is 12.1. The Hall–Kier alpha value is -2.29. The molecule has 25 heavy (non-hydrogen) atoms. The first kappa shape index (κ1) is 17.5. The van der Waals surface area contributed by atoms with Crippen molar-refractivity contribution < 1.29 is 14.3 Å². The van der Waals surface area contributed by atoms with Crippen LogP contribution >= 0.6 is 11.3 Å². The molecule has 1 aliphatic carbocycles. The summed E-state index contributed by atoms with van der Waals surface area (Å²) in [5, 5.41) is 18.6. The molecule has 2 aromatic heterocycles. The van der Waals surface area contributed by atoms with Crippen LogP contribution in [0.25, 0.3) is 11.4 Å². The number of ether oxygens (including phenoxy) is 1. The summed E-state index contributed by atoms with van der Waals surface area (Å²) in [5.41, 5.74) is 0.852. The third-order valence-corrected chi connectivity index (χ3v) is 5.01. The van der Waals surface area contributed by atoms with Gasteiger partial charge in [-0.25, -0.2) is 4.79 Å². The van der Waals surface area contributed by atoms with Gasteiger partial charge in [-0.1, -0.05) is 19.8 Å². The minimum atomic E-state index is -0.568. The summed E-state index contributed by atoms with van der Waals surface area (Å²) in [5.74, 6) is 0.0834. The molecule has 134 valence electrons. The first-order valence-electron chi connectivity index (χ1n) is 8.37. The molecule has 0 unspecified atom stereocenters. The zero-order valence-electron chi connectivity index (χ0n) is 14.1. The Bertz CT molecular complexity index is 715. The predicted molar refractivity (Wildman–Crippen MR) is 91.7 cm³/mol. The molecule has 8 nitrogen and oxygen atoms in total. The van der Waals surface area contributed by atoms with Crippen molar-refractivity contribution in [2.45, 2.75) is 45.2 Å². The van der Waals surface area contributed by atoms with E-state index >= 15 is 0 Å². The van der Waals surface area contributed by atoms with Crippen molar-refractivity contribution >= 4 is 23.2 Å². The lowest BCUT2D eigenvalue weighted by atomic mass is 9.86. The highest BCUT2D eigenvalue weighted by Gasteiger charge is 2.23. The van der Waals surface area contributed by atoms with Crippen molar-refractivity contribution in [2.75, 3.05) is 6.61 Å². The van der Waals surface area contributed by atoms with E-state index in [-0.39, 0.29) is 25.1 Å². The lowest BCUT2D eigenvalue weighted by molar-refractivity contribution is -0.149. The van der Waals surface area contributed by atoms with Gasteiger partial charge in [-0.2, -0.15) is 16.1 Å². The molecule has 2 atom stereocenters. The molecule has 1 amide bonds. The van der Waals surface area contributed by atoms with Gasteiger partial charge in [0.05, 0.1) is 0 Å². The number of hydrogen-bond donors (Lipinski definition) is 1. The van der Waals surface area contributed by atoms with Crippen molar-refractivity contribution in [1.29, 1.82) is 0 Å². The third-order valence-electron chi connectivity index (χ3n) is 4.32. The van der Waals surface area contributed by atoms with E-state index in [1.54, 1.807) is 0 Å². The van der Waals surface area contributed by atoms with Crippen LogP contribution in [0.4, 0.5) is 0 Å². The number of carbonyl (C=O) groups is 2. The van der Waals surface area contributed by atoms with Gasteiger partial charge in [-0.05, 0) is 35.4 Å². The highest BCUT2D eigenvalue weighted by molar-refractivity contribution is 7.08. The van der Waals surface area contributed by atoms with Gasteiger partial charge in [-0.15, -0.1) is 10.2 Å². The van der Waals surface area contributed by atoms with E-state index in [1.807, 2.05) is 16.8 Å².